The van der Waals surface area contributed by atoms with Crippen LogP contribution in [0.5, 0.6) is 0 Å². The van der Waals surface area contributed by atoms with Crippen molar-refractivity contribution in [3.63, 3.8) is 0 Å². The fourth-order valence-electron chi connectivity index (χ4n) is 4.32. The summed E-state index contributed by atoms with van der Waals surface area (Å²) in [6, 6.07) is 13.5. The number of halogens is 3. The van der Waals surface area contributed by atoms with Crippen molar-refractivity contribution in [2.45, 2.75) is 58.2 Å². The minimum absolute atomic E-state index is 0.137. The minimum atomic E-state index is -4.43. The molecule has 0 aliphatic heterocycles. The van der Waals surface area contributed by atoms with Gasteiger partial charge in [0.2, 0.25) is 0 Å². The van der Waals surface area contributed by atoms with Crippen LogP contribution in [0.25, 0.3) is 28.0 Å². The maximum absolute atomic E-state index is 13.1. The first-order chi connectivity index (χ1) is 19.7. The molecule has 4 aromatic heterocycles. The molecule has 0 spiro atoms. The van der Waals surface area contributed by atoms with Crippen LogP contribution in [0.1, 0.15) is 32.0 Å². The van der Waals surface area contributed by atoms with Crippen LogP contribution in [-0.4, -0.2) is 44.0 Å². The summed E-state index contributed by atoms with van der Waals surface area (Å²) in [7, 11) is -1.84. The van der Waals surface area contributed by atoms with Gasteiger partial charge >= 0.3 is 6.18 Å². The minimum Gasteiger partial charge on any atom is -0.415 e. The van der Waals surface area contributed by atoms with Crippen LogP contribution in [0.2, 0.25) is 18.1 Å². The Morgan fingerprint density at radius 1 is 0.952 bits per heavy atom. The predicted molar refractivity (Wildman–Crippen MR) is 158 cm³/mol. The maximum Gasteiger partial charge on any atom is 0.416 e. The van der Waals surface area contributed by atoms with Crippen molar-refractivity contribution in [1.82, 2.24) is 29.1 Å². The van der Waals surface area contributed by atoms with Gasteiger partial charge in [0.1, 0.15) is 11.2 Å². The Hall–Kier alpha value is -4.03. The number of fused-ring (bicyclic) bond motifs is 1. The molecule has 0 unspecified atom stereocenters. The van der Waals surface area contributed by atoms with Crippen molar-refractivity contribution in [3.8, 4) is 16.9 Å². The zero-order valence-corrected chi connectivity index (χ0v) is 25.2. The van der Waals surface area contributed by atoms with E-state index in [1.165, 1.54) is 18.2 Å². The van der Waals surface area contributed by atoms with Gasteiger partial charge in [-0.25, -0.2) is 4.68 Å². The summed E-state index contributed by atoms with van der Waals surface area (Å²) in [5.74, 6) is 0. The van der Waals surface area contributed by atoms with E-state index >= 15 is 0 Å². The molecule has 0 aliphatic carbocycles. The van der Waals surface area contributed by atoms with Crippen LogP contribution < -0.4 is 5.56 Å². The van der Waals surface area contributed by atoms with Gasteiger partial charge in [-0.05, 0) is 54.5 Å². The summed E-state index contributed by atoms with van der Waals surface area (Å²) in [6.07, 6.45) is 0.728. The molecule has 0 radical (unpaired) electrons. The summed E-state index contributed by atoms with van der Waals surface area (Å²) < 4.78 is 50.4. The monoisotopic (exact) mass is 594 g/mol. The SMILES string of the molecule is CC(C)(C)[Si](C)(C)OCCn1ccc(Cn2ccc(-n3nc(-c4ccc(C(F)(F)F)cc4)c4ncccc43)cc2=O)n1. The smallest absolute Gasteiger partial charge is 0.415 e. The van der Waals surface area contributed by atoms with Gasteiger partial charge in [0.05, 0.1) is 42.2 Å². The van der Waals surface area contributed by atoms with E-state index in [1.807, 2.05) is 16.9 Å². The highest BCUT2D eigenvalue weighted by molar-refractivity contribution is 6.74. The molecule has 1 aromatic carbocycles. The van der Waals surface area contributed by atoms with Gasteiger partial charge in [0.25, 0.3) is 5.56 Å². The van der Waals surface area contributed by atoms with E-state index in [9.17, 15) is 18.0 Å². The average Bonchev–Trinajstić information content (AvgIpc) is 3.53. The lowest BCUT2D eigenvalue weighted by Gasteiger charge is -2.36. The topological polar surface area (TPSA) is 79.8 Å². The molecule has 0 amide bonds. The second kappa shape index (κ2) is 11.0. The Kier molecular flexibility index (Phi) is 7.71. The highest BCUT2D eigenvalue weighted by Crippen LogP contribution is 2.36. The van der Waals surface area contributed by atoms with Crippen molar-refractivity contribution in [1.29, 1.82) is 0 Å². The Morgan fingerprint density at radius 2 is 1.69 bits per heavy atom. The van der Waals surface area contributed by atoms with Crippen LogP contribution in [0.3, 0.4) is 0 Å². The van der Waals surface area contributed by atoms with Gasteiger partial charge in [-0.1, -0.05) is 32.9 Å². The highest BCUT2D eigenvalue weighted by Gasteiger charge is 2.37. The molecule has 4 heterocycles. The van der Waals surface area contributed by atoms with E-state index in [0.29, 0.717) is 47.7 Å². The number of nitrogens with zero attached hydrogens (tertiary/aromatic N) is 6. The first kappa shape index (κ1) is 29.5. The Bertz CT molecular complexity index is 1760. The van der Waals surface area contributed by atoms with Crippen molar-refractivity contribution >= 4 is 19.4 Å². The molecule has 12 heteroatoms. The Morgan fingerprint density at radius 3 is 2.36 bits per heavy atom. The molecule has 0 atom stereocenters. The van der Waals surface area contributed by atoms with Crippen molar-refractivity contribution in [2.75, 3.05) is 6.61 Å². The van der Waals surface area contributed by atoms with Gasteiger partial charge in [0.15, 0.2) is 8.32 Å². The normalized spacial score (nSPS) is 12.8. The van der Waals surface area contributed by atoms with Crippen LogP contribution in [0.4, 0.5) is 13.2 Å². The molecule has 0 N–H and O–H groups in total. The molecule has 0 bridgehead atoms. The lowest BCUT2D eigenvalue weighted by Crippen LogP contribution is -2.41. The largest absolute Gasteiger partial charge is 0.416 e. The lowest BCUT2D eigenvalue weighted by molar-refractivity contribution is -0.137. The van der Waals surface area contributed by atoms with Crippen molar-refractivity contribution in [2.24, 2.45) is 0 Å². The Labute approximate surface area is 242 Å². The third-order valence-corrected chi connectivity index (χ3v) is 12.3. The fourth-order valence-corrected chi connectivity index (χ4v) is 5.35. The zero-order valence-electron chi connectivity index (χ0n) is 24.2. The van der Waals surface area contributed by atoms with Crippen molar-refractivity contribution in [3.05, 3.63) is 94.8 Å². The second-order valence-corrected chi connectivity index (χ2v) is 16.5. The average molecular weight is 595 g/mol. The summed E-state index contributed by atoms with van der Waals surface area (Å²) in [5, 5.41) is 9.38. The highest BCUT2D eigenvalue weighted by atomic mass is 28.4. The van der Waals surface area contributed by atoms with Crippen LogP contribution in [-0.2, 0) is 23.7 Å². The molecule has 0 aliphatic rings. The first-order valence-corrected chi connectivity index (χ1v) is 16.5. The van der Waals surface area contributed by atoms with Gasteiger partial charge < -0.3 is 8.99 Å². The number of benzene rings is 1. The second-order valence-electron chi connectivity index (χ2n) is 11.7. The lowest BCUT2D eigenvalue weighted by atomic mass is 10.1. The van der Waals surface area contributed by atoms with E-state index < -0.39 is 20.1 Å². The quantitative estimate of drug-likeness (QED) is 0.191. The van der Waals surface area contributed by atoms with E-state index in [-0.39, 0.29) is 10.6 Å². The molecular weight excluding hydrogens is 561 g/mol. The summed E-state index contributed by atoms with van der Waals surface area (Å²) in [4.78, 5) is 17.5. The molecule has 0 fully saturated rings. The van der Waals surface area contributed by atoms with E-state index in [2.05, 4.69) is 49.0 Å². The fraction of sp³-hybridized carbons (Fsp3) is 0.333. The zero-order chi connectivity index (χ0) is 30.3. The van der Waals surface area contributed by atoms with Crippen LogP contribution >= 0.6 is 0 Å². The molecule has 5 aromatic rings. The standard InChI is InChI=1S/C30H33F3N6O2Si/c1-29(2,3)42(4,5)41-18-17-38-16-12-23(35-38)20-37-15-13-24(19-26(37)40)39-25-7-6-14-34-28(25)27(36-39)21-8-10-22(11-9-21)30(31,32)33/h6-16,19H,17-18,20H2,1-5H3. The summed E-state index contributed by atoms with van der Waals surface area (Å²) in [5.41, 5.74) is 2.34. The molecular formula is C30H33F3N6O2Si. The van der Waals surface area contributed by atoms with E-state index in [0.717, 1.165) is 17.8 Å². The predicted octanol–water partition coefficient (Wildman–Crippen LogP) is 6.53. The van der Waals surface area contributed by atoms with Gasteiger partial charge in [-0.15, -0.1) is 0 Å². The van der Waals surface area contributed by atoms with Gasteiger partial charge in [-0.2, -0.15) is 23.4 Å². The molecule has 0 saturated carbocycles. The third-order valence-electron chi connectivity index (χ3n) is 7.77. The van der Waals surface area contributed by atoms with E-state index in [1.54, 1.807) is 39.8 Å². The first-order valence-electron chi connectivity index (χ1n) is 13.6. The number of alkyl halides is 3. The Balaban J connectivity index is 1.34. The number of aromatic nitrogens is 6. The number of hydrogen-bond acceptors (Lipinski definition) is 5. The van der Waals surface area contributed by atoms with Crippen LogP contribution in [0.15, 0.2) is 78.0 Å². The molecule has 5 rings (SSSR count). The summed E-state index contributed by atoms with van der Waals surface area (Å²) in [6.45, 7) is 12.6. The van der Waals surface area contributed by atoms with Crippen LogP contribution in [0, 0.1) is 0 Å². The molecule has 220 valence electrons. The third kappa shape index (κ3) is 6.09. The molecule has 42 heavy (non-hydrogen) atoms. The summed E-state index contributed by atoms with van der Waals surface area (Å²) >= 11 is 0. The molecule has 8 nitrogen and oxygen atoms in total. The maximum atomic E-state index is 13.1. The number of pyridine rings is 2. The van der Waals surface area contributed by atoms with Gasteiger partial charge in [-0.3, -0.25) is 14.5 Å². The van der Waals surface area contributed by atoms with Gasteiger partial charge in [0, 0.05) is 30.2 Å². The van der Waals surface area contributed by atoms with E-state index in [4.69, 9.17) is 4.43 Å². The molecule has 0 saturated heterocycles. The number of rotatable bonds is 8. The number of hydrogen-bond donors (Lipinski definition) is 0. The van der Waals surface area contributed by atoms with Crippen molar-refractivity contribution < 1.29 is 17.6 Å².